The van der Waals surface area contributed by atoms with Crippen LogP contribution in [0, 0.1) is 34.5 Å². The SMILES string of the molecule is CC[C@]12CCC3(C[C@@H]1/C(=N/OC)CC1C2CC[C@@]2(C)C1CCC21OCCO1)OCCO3. The van der Waals surface area contributed by atoms with Gasteiger partial charge in [0.05, 0.1) is 32.1 Å². The van der Waals surface area contributed by atoms with Gasteiger partial charge in [0.15, 0.2) is 11.6 Å². The van der Waals surface area contributed by atoms with Gasteiger partial charge >= 0.3 is 0 Å². The first-order chi connectivity index (χ1) is 15.0. The summed E-state index contributed by atoms with van der Waals surface area (Å²) < 4.78 is 25.0. The van der Waals surface area contributed by atoms with Crippen molar-refractivity contribution in [1.29, 1.82) is 0 Å². The quantitative estimate of drug-likeness (QED) is 0.600. The number of rotatable bonds is 2. The molecule has 31 heavy (non-hydrogen) atoms. The maximum atomic E-state index is 6.34. The van der Waals surface area contributed by atoms with E-state index in [1.165, 1.54) is 37.8 Å². The van der Waals surface area contributed by atoms with E-state index in [-0.39, 0.29) is 16.6 Å². The zero-order valence-electron chi connectivity index (χ0n) is 19.5. The van der Waals surface area contributed by atoms with Gasteiger partial charge in [0.25, 0.3) is 0 Å². The highest BCUT2D eigenvalue weighted by molar-refractivity contribution is 5.88. The lowest BCUT2D eigenvalue weighted by molar-refractivity contribution is -0.251. The Kier molecular flexibility index (Phi) is 4.82. The van der Waals surface area contributed by atoms with Crippen molar-refractivity contribution in [2.24, 2.45) is 39.7 Å². The summed E-state index contributed by atoms with van der Waals surface area (Å²) in [6, 6.07) is 0. The van der Waals surface area contributed by atoms with Crippen molar-refractivity contribution in [1.82, 2.24) is 0 Å². The van der Waals surface area contributed by atoms with Crippen LogP contribution in [0.5, 0.6) is 0 Å². The highest BCUT2D eigenvalue weighted by Crippen LogP contribution is 2.70. The van der Waals surface area contributed by atoms with Crippen LogP contribution in [0.3, 0.4) is 0 Å². The highest BCUT2D eigenvalue weighted by atomic mass is 16.7. The lowest BCUT2D eigenvalue weighted by Gasteiger charge is -2.63. The van der Waals surface area contributed by atoms with Crippen molar-refractivity contribution in [2.75, 3.05) is 33.5 Å². The molecule has 0 bridgehead atoms. The van der Waals surface area contributed by atoms with Gasteiger partial charge in [-0.25, -0.2) is 0 Å². The molecule has 0 aromatic heterocycles. The zero-order valence-corrected chi connectivity index (χ0v) is 19.5. The van der Waals surface area contributed by atoms with Crippen molar-refractivity contribution < 1.29 is 23.8 Å². The van der Waals surface area contributed by atoms with Crippen molar-refractivity contribution in [3.63, 3.8) is 0 Å². The first-order valence-corrected chi connectivity index (χ1v) is 12.7. The molecule has 0 aromatic rings. The van der Waals surface area contributed by atoms with Crippen LogP contribution in [0.15, 0.2) is 5.16 Å². The number of nitrogens with zero attached hydrogens (tertiary/aromatic N) is 1. The monoisotopic (exact) mass is 433 g/mol. The van der Waals surface area contributed by atoms with Gasteiger partial charge in [-0.2, -0.15) is 0 Å². The van der Waals surface area contributed by atoms with Gasteiger partial charge in [0.1, 0.15) is 7.11 Å². The Hall–Kier alpha value is -0.690. The first-order valence-electron chi connectivity index (χ1n) is 12.7. The van der Waals surface area contributed by atoms with Crippen LogP contribution in [0.2, 0.25) is 0 Å². The Morgan fingerprint density at radius 1 is 0.935 bits per heavy atom. The van der Waals surface area contributed by atoms with Gasteiger partial charge in [-0.15, -0.1) is 0 Å². The number of fused-ring (bicyclic) bond motifs is 6. The van der Waals surface area contributed by atoms with Gasteiger partial charge in [-0.1, -0.05) is 19.0 Å². The minimum atomic E-state index is -0.392. The molecule has 2 heterocycles. The third-order valence-corrected chi connectivity index (χ3v) is 10.7. The molecule has 0 radical (unpaired) electrons. The number of oxime groups is 1. The van der Waals surface area contributed by atoms with E-state index < -0.39 is 5.79 Å². The Morgan fingerprint density at radius 3 is 2.35 bits per heavy atom. The van der Waals surface area contributed by atoms with E-state index in [2.05, 4.69) is 19.0 Å². The molecule has 0 amide bonds. The van der Waals surface area contributed by atoms with Gasteiger partial charge in [-0.3, -0.25) is 0 Å². The van der Waals surface area contributed by atoms with Crippen molar-refractivity contribution >= 4 is 5.71 Å². The van der Waals surface area contributed by atoms with Crippen LogP contribution in [0.25, 0.3) is 0 Å². The summed E-state index contributed by atoms with van der Waals surface area (Å²) in [7, 11) is 1.70. The molecule has 2 saturated heterocycles. The second kappa shape index (κ2) is 7.15. The van der Waals surface area contributed by atoms with E-state index in [4.69, 9.17) is 23.8 Å². The van der Waals surface area contributed by atoms with Gasteiger partial charge in [0.2, 0.25) is 0 Å². The van der Waals surface area contributed by atoms with E-state index >= 15 is 0 Å². The predicted octanol–water partition coefficient (Wildman–Crippen LogP) is 4.52. The van der Waals surface area contributed by atoms with Crippen LogP contribution in [-0.4, -0.2) is 50.8 Å². The Balaban J connectivity index is 1.37. The zero-order chi connectivity index (χ0) is 21.3. The van der Waals surface area contributed by atoms with Crippen LogP contribution in [0.1, 0.15) is 71.6 Å². The highest BCUT2D eigenvalue weighted by Gasteiger charge is 2.69. The largest absolute Gasteiger partial charge is 0.399 e. The molecule has 6 nitrogen and oxygen atoms in total. The lowest BCUT2D eigenvalue weighted by atomic mass is 9.43. The minimum absolute atomic E-state index is 0.109. The fourth-order valence-electron chi connectivity index (χ4n) is 9.33. The second-order valence-corrected chi connectivity index (χ2v) is 11.2. The van der Waals surface area contributed by atoms with E-state index in [0.29, 0.717) is 17.8 Å². The molecule has 6 aliphatic rings. The molecule has 2 spiro atoms. The number of hydrogen-bond acceptors (Lipinski definition) is 6. The van der Waals surface area contributed by atoms with E-state index in [1.54, 1.807) is 7.11 Å². The molecular weight excluding hydrogens is 394 g/mol. The maximum Gasteiger partial charge on any atom is 0.174 e. The smallest absolute Gasteiger partial charge is 0.174 e. The summed E-state index contributed by atoms with van der Waals surface area (Å²) in [6.45, 7) is 7.79. The van der Waals surface area contributed by atoms with Gasteiger partial charge < -0.3 is 23.8 Å². The normalized spacial score (nSPS) is 48.7. The molecule has 6 fully saturated rings. The minimum Gasteiger partial charge on any atom is -0.399 e. The first kappa shape index (κ1) is 20.9. The predicted molar refractivity (Wildman–Crippen MR) is 115 cm³/mol. The van der Waals surface area contributed by atoms with E-state index in [9.17, 15) is 0 Å². The molecule has 4 aliphatic carbocycles. The Morgan fingerprint density at radius 2 is 1.65 bits per heavy atom. The number of hydrogen-bond donors (Lipinski definition) is 0. The summed E-state index contributed by atoms with van der Waals surface area (Å²) in [4.78, 5) is 5.44. The molecule has 0 aromatic carbocycles. The fourth-order valence-corrected chi connectivity index (χ4v) is 9.33. The maximum absolute atomic E-state index is 6.34. The standard InChI is InChI=1S/C25H39NO5/c1-4-23-9-10-24(28-11-12-29-24)16-20(23)21(26-27-3)15-17-18-6-8-25(30-13-14-31-25)22(18,2)7-5-19(17)23/h17-20H,4-16H2,1-3H3/b26-21+/t17?,18?,19?,20-,22+,23-/m1/s1. The summed E-state index contributed by atoms with van der Waals surface area (Å²) >= 11 is 0. The third-order valence-electron chi connectivity index (χ3n) is 10.7. The molecule has 6 atom stereocenters. The van der Waals surface area contributed by atoms with Crippen LogP contribution < -0.4 is 0 Å². The van der Waals surface area contributed by atoms with Crippen LogP contribution in [0.4, 0.5) is 0 Å². The second-order valence-electron chi connectivity index (χ2n) is 11.2. The average Bonchev–Trinajstić information content (AvgIpc) is 3.50. The molecule has 4 saturated carbocycles. The topological polar surface area (TPSA) is 58.5 Å². The summed E-state index contributed by atoms with van der Waals surface area (Å²) in [6.07, 6.45) is 10.1. The van der Waals surface area contributed by atoms with Crippen molar-refractivity contribution in [3.05, 3.63) is 0 Å². The van der Waals surface area contributed by atoms with Crippen LogP contribution in [-0.2, 0) is 23.8 Å². The Labute approximate surface area is 186 Å². The summed E-state index contributed by atoms with van der Waals surface area (Å²) in [5.74, 6) is 1.65. The third kappa shape index (κ3) is 2.68. The average molecular weight is 434 g/mol. The molecule has 0 N–H and O–H groups in total. The van der Waals surface area contributed by atoms with Crippen molar-refractivity contribution in [3.8, 4) is 0 Å². The van der Waals surface area contributed by atoms with Crippen molar-refractivity contribution in [2.45, 2.75) is 83.2 Å². The Bertz CT molecular complexity index is 742. The van der Waals surface area contributed by atoms with Gasteiger partial charge in [0, 0.05) is 30.6 Å². The molecule has 6 heteroatoms. The fraction of sp³-hybridized carbons (Fsp3) is 0.960. The number of ether oxygens (including phenoxy) is 4. The molecule has 6 rings (SSSR count). The molecular formula is C25H39NO5. The lowest BCUT2D eigenvalue weighted by Crippen LogP contribution is -2.61. The molecule has 3 unspecified atom stereocenters. The molecule has 2 aliphatic heterocycles. The van der Waals surface area contributed by atoms with Gasteiger partial charge in [-0.05, 0) is 61.7 Å². The van der Waals surface area contributed by atoms with E-state index in [1.807, 2.05) is 0 Å². The van der Waals surface area contributed by atoms with Crippen LogP contribution >= 0.6 is 0 Å². The summed E-state index contributed by atoms with van der Waals surface area (Å²) in [5, 5.41) is 4.68. The van der Waals surface area contributed by atoms with E-state index in [0.717, 1.165) is 58.0 Å². The summed E-state index contributed by atoms with van der Waals surface area (Å²) in [5.41, 5.74) is 1.63. The molecule has 174 valence electrons.